The van der Waals surface area contributed by atoms with Crippen LogP contribution in [0.25, 0.3) is 6.08 Å². The number of piperazine rings is 1. The maximum Gasteiger partial charge on any atom is 0.316 e. The highest BCUT2D eigenvalue weighted by Crippen LogP contribution is 2.26. The summed E-state index contributed by atoms with van der Waals surface area (Å²) in [5.74, 6) is -1.17. The first kappa shape index (κ1) is 22.7. The summed E-state index contributed by atoms with van der Waals surface area (Å²) < 4.78 is 26.9. The number of urea groups is 1. The van der Waals surface area contributed by atoms with E-state index in [0.717, 1.165) is 11.6 Å². The average Bonchev–Trinajstić information content (AvgIpc) is 2.71. The number of carbonyl (C=O) groups is 2. The van der Waals surface area contributed by atoms with Crippen molar-refractivity contribution >= 4 is 35.3 Å². The number of nitrogens with one attached hydrogen (secondary N) is 1. The maximum absolute atomic E-state index is 13.9. The van der Waals surface area contributed by atoms with Gasteiger partial charge in [0.15, 0.2) is 0 Å². The van der Waals surface area contributed by atoms with Crippen molar-refractivity contribution in [3.63, 3.8) is 0 Å². The molecule has 0 aromatic heterocycles. The van der Waals surface area contributed by atoms with Crippen LogP contribution in [0.5, 0.6) is 0 Å². The number of anilines is 1. The molecule has 164 valence electrons. The second kappa shape index (κ2) is 9.89. The van der Waals surface area contributed by atoms with Gasteiger partial charge in [0.05, 0.1) is 10.7 Å². The van der Waals surface area contributed by atoms with E-state index in [2.05, 4.69) is 10.2 Å². The van der Waals surface area contributed by atoms with Gasteiger partial charge < -0.3 is 16.0 Å². The quantitative estimate of drug-likeness (QED) is 0.682. The third-order valence-corrected chi connectivity index (χ3v) is 5.36. The highest BCUT2D eigenvalue weighted by atomic mass is 35.5. The summed E-state index contributed by atoms with van der Waals surface area (Å²) in [6, 6.07) is 7.87. The SMILES string of the molecule is CC1CN(Cc2ccc(F)cc2)CCN1C(=O)C=Cc1cc(F)c(Cl)cc1NC(N)=O. The Labute approximate surface area is 184 Å². The fourth-order valence-corrected chi connectivity index (χ4v) is 3.71. The Morgan fingerprint density at radius 2 is 1.94 bits per heavy atom. The van der Waals surface area contributed by atoms with Crippen molar-refractivity contribution in [2.24, 2.45) is 5.73 Å². The van der Waals surface area contributed by atoms with Crippen LogP contribution < -0.4 is 11.1 Å². The van der Waals surface area contributed by atoms with Gasteiger partial charge in [-0.15, -0.1) is 0 Å². The lowest BCUT2D eigenvalue weighted by Gasteiger charge is -2.39. The number of primary amides is 1. The molecule has 2 aromatic carbocycles. The van der Waals surface area contributed by atoms with E-state index in [0.29, 0.717) is 26.2 Å². The number of hydrogen-bond donors (Lipinski definition) is 2. The highest BCUT2D eigenvalue weighted by Gasteiger charge is 2.26. The zero-order chi connectivity index (χ0) is 22.5. The fraction of sp³-hybridized carbons (Fsp3) is 0.273. The third kappa shape index (κ3) is 6.02. The number of nitrogens with zero attached hydrogens (tertiary/aromatic N) is 2. The van der Waals surface area contributed by atoms with Gasteiger partial charge in [0, 0.05) is 43.9 Å². The van der Waals surface area contributed by atoms with Crippen LogP contribution in [-0.2, 0) is 11.3 Å². The molecule has 0 aliphatic carbocycles. The Hall–Kier alpha value is -2.97. The molecular formula is C22H23ClF2N4O2. The van der Waals surface area contributed by atoms with E-state index in [-0.39, 0.29) is 34.0 Å². The number of rotatable bonds is 5. The largest absolute Gasteiger partial charge is 0.351 e. The number of benzene rings is 2. The Kier molecular flexibility index (Phi) is 7.25. The van der Waals surface area contributed by atoms with Gasteiger partial charge in [-0.2, -0.15) is 0 Å². The van der Waals surface area contributed by atoms with E-state index < -0.39 is 11.8 Å². The first-order chi connectivity index (χ1) is 14.7. The van der Waals surface area contributed by atoms with Crippen LogP contribution in [0.15, 0.2) is 42.5 Å². The van der Waals surface area contributed by atoms with Gasteiger partial charge in [0.1, 0.15) is 11.6 Å². The van der Waals surface area contributed by atoms with Crippen LogP contribution in [0.3, 0.4) is 0 Å². The molecule has 0 radical (unpaired) electrons. The van der Waals surface area contributed by atoms with Crippen molar-refractivity contribution in [1.29, 1.82) is 0 Å². The predicted octanol–water partition coefficient (Wildman–Crippen LogP) is 3.85. The smallest absolute Gasteiger partial charge is 0.316 e. The van der Waals surface area contributed by atoms with Crippen LogP contribution in [-0.4, -0.2) is 47.4 Å². The monoisotopic (exact) mass is 448 g/mol. The van der Waals surface area contributed by atoms with Crippen LogP contribution in [0.4, 0.5) is 19.3 Å². The minimum atomic E-state index is -0.824. The summed E-state index contributed by atoms with van der Waals surface area (Å²) >= 11 is 5.76. The van der Waals surface area contributed by atoms with E-state index in [4.69, 9.17) is 17.3 Å². The van der Waals surface area contributed by atoms with Gasteiger partial charge in [-0.05, 0) is 42.8 Å². The molecule has 1 saturated heterocycles. The van der Waals surface area contributed by atoms with Gasteiger partial charge in [-0.25, -0.2) is 13.6 Å². The summed E-state index contributed by atoms with van der Waals surface area (Å²) in [6.45, 7) is 4.48. The topological polar surface area (TPSA) is 78.7 Å². The molecule has 1 aliphatic rings. The Balaban J connectivity index is 1.65. The zero-order valence-corrected chi connectivity index (χ0v) is 17.7. The Morgan fingerprint density at radius 3 is 2.58 bits per heavy atom. The van der Waals surface area contributed by atoms with Gasteiger partial charge >= 0.3 is 6.03 Å². The fourth-order valence-electron chi connectivity index (χ4n) is 3.55. The Bertz CT molecular complexity index is 998. The molecule has 1 atom stereocenters. The first-order valence-electron chi connectivity index (χ1n) is 9.74. The molecule has 0 bridgehead atoms. The van der Waals surface area contributed by atoms with Crippen LogP contribution in [0.2, 0.25) is 5.02 Å². The number of halogens is 3. The van der Waals surface area contributed by atoms with Crippen molar-refractivity contribution < 1.29 is 18.4 Å². The van der Waals surface area contributed by atoms with Gasteiger partial charge in [0.25, 0.3) is 0 Å². The summed E-state index contributed by atoms with van der Waals surface area (Å²) in [7, 11) is 0. The standard InChI is InChI=1S/C22H23ClF2N4O2/c1-14-12-28(13-15-2-5-17(24)6-3-15)8-9-29(14)21(30)7-4-16-10-19(25)18(23)11-20(16)27-22(26)31/h2-7,10-11,14H,8-9,12-13H2,1H3,(H3,26,27,31). The first-order valence-corrected chi connectivity index (χ1v) is 10.1. The van der Waals surface area contributed by atoms with Crippen molar-refractivity contribution in [2.75, 3.05) is 25.0 Å². The summed E-state index contributed by atoms with van der Waals surface area (Å²) in [5, 5.41) is 2.20. The average molecular weight is 449 g/mol. The molecule has 1 aliphatic heterocycles. The zero-order valence-electron chi connectivity index (χ0n) is 16.9. The molecule has 3 N–H and O–H groups in total. The minimum absolute atomic E-state index is 0.0449. The van der Waals surface area contributed by atoms with Crippen LogP contribution in [0.1, 0.15) is 18.1 Å². The molecule has 0 saturated carbocycles. The highest BCUT2D eigenvalue weighted by molar-refractivity contribution is 6.31. The number of nitrogens with two attached hydrogens (primary N) is 1. The third-order valence-electron chi connectivity index (χ3n) is 5.07. The number of hydrogen-bond acceptors (Lipinski definition) is 3. The second-order valence-electron chi connectivity index (χ2n) is 7.42. The van der Waals surface area contributed by atoms with E-state index in [1.165, 1.54) is 30.4 Å². The molecule has 2 aromatic rings. The van der Waals surface area contributed by atoms with Gasteiger partial charge in [-0.3, -0.25) is 9.69 Å². The van der Waals surface area contributed by atoms with E-state index in [1.54, 1.807) is 17.0 Å². The van der Waals surface area contributed by atoms with Crippen LogP contribution >= 0.6 is 11.6 Å². The molecule has 0 spiro atoms. The predicted molar refractivity (Wildman–Crippen MR) is 117 cm³/mol. The summed E-state index contributed by atoms with van der Waals surface area (Å²) in [5.41, 5.74) is 6.63. The molecule has 1 fully saturated rings. The van der Waals surface area contributed by atoms with Crippen molar-refractivity contribution in [2.45, 2.75) is 19.5 Å². The maximum atomic E-state index is 13.9. The van der Waals surface area contributed by atoms with Gasteiger partial charge in [0.2, 0.25) is 5.91 Å². The minimum Gasteiger partial charge on any atom is -0.351 e. The van der Waals surface area contributed by atoms with Crippen LogP contribution in [0, 0.1) is 11.6 Å². The molecule has 3 rings (SSSR count). The van der Waals surface area contributed by atoms with Crippen molar-refractivity contribution in [1.82, 2.24) is 9.80 Å². The molecule has 3 amide bonds. The molecular weight excluding hydrogens is 426 g/mol. The number of amides is 3. The van der Waals surface area contributed by atoms with Crippen molar-refractivity contribution in [3.05, 3.63) is 70.3 Å². The van der Waals surface area contributed by atoms with E-state index in [1.807, 2.05) is 6.92 Å². The Morgan fingerprint density at radius 1 is 1.23 bits per heavy atom. The molecule has 6 nitrogen and oxygen atoms in total. The molecule has 1 heterocycles. The van der Waals surface area contributed by atoms with E-state index >= 15 is 0 Å². The van der Waals surface area contributed by atoms with Gasteiger partial charge in [-0.1, -0.05) is 23.7 Å². The molecule has 1 unspecified atom stereocenters. The van der Waals surface area contributed by atoms with Crippen molar-refractivity contribution in [3.8, 4) is 0 Å². The summed E-state index contributed by atoms with van der Waals surface area (Å²) in [4.78, 5) is 27.8. The van der Waals surface area contributed by atoms with E-state index in [9.17, 15) is 18.4 Å². The number of carbonyl (C=O) groups excluding carboxylic acids is 2. The molecule has 9 heteroatoms. The summed E-state index contributed by atoms with van der Waals surface area (Å²) in [6.07, 6.45) is 2.76. The lowest BCUT2D eigenvalue weighted by atomic mass is 10.1. The normalized spacial score (nSPS) is 17.2. The lowest BCUT2D eigenvalue weighted by molar-refractivity contribution is -0.130. The lowest BCUT2D eigenvalue weighted by Crippen LogP contribution is -2.53. The molecule has 31 heavy (non-hydrogen) atoms. The second-order valence-corrected chi connectivity index (χ2v) is 7.83.